The molecular weight excluding hydrogens is 584 g/mol. The van der Waals surface area contributed by atoms with Crippen molar-refractivity contribution in [2.45, 2.75) is 57.0 Å². The zero-order valence-electron chi connectivity index (χ0n) is 24.8. The number of benzene rings is 1. The molecule has 4 aromatic rings. The minimum atomic E-state index is -1.10. The number of amides is 1. The van der Waals surface area contributed by atoms with Crippen LogP contribution >= 0.6 is 0 Å². The lowest BCUT2D eigenvalue weighted by Gasteiger charge is -2.45. The van der Waals surface area contributed by atoms with Crippen molar-refractivity contribution in [2.75, 3.05) is 12.8 Å². The Bertz CT molecular complexity index is 1890. The van der Waals surface area contributed by atoms with E-state index in [1.54, 1.807) is 23.2 Å². The number of ketones is 1. The molecule has 1 amide bonds. The molecule has 5 N–H and O–H groups in total. The van der Waals surface area contributed by atoms with Gasteiger partial charge in [-0.3, -0.25) is 20.0 Å². The number of methoxy groups -OCH3 is 1. The number of nitrogens with two attached hydrogens (primary N) is 2. The number of aromatic nitrogens is 4. The molecule has 1 aromatic carbocycles. The number of pyridine rings is 1. The fourth-order valence-corrected chi connectivity index (χ4v) is 6.87. The van der Waals surface area contributed by atoms with Gasteiger partial charge >= 0.3 is 0 Å². The van der Waals surface area contributed by atoms with Crippen LogP contribution in [0.25, 0.3) is 28.0 Å². The van der Waals surface area contributed by atoms with Crippen molar-refractivity contribution in [3.05, 3.63) is 59.6 Å². The fraction of sp³-hybridized carbons (Fsp3) is 0.323. The van der Waals surface area contributed by atoms with Crippen LogP contribution < -0.4 is 16.2 Å². The van der Waals surface area contributed by atoms with Crippen LogP contribution in [0.1, 0.15) is 55.6 Å². The molecule has 232 valence electrons. The van der Waals surface area contributed by atoms with Gasteiger partial charge < -0.3 is 21.1 Å². The Balaban J connectivity index is 1.40. The van der Waals surface area contributed by atoms with Gasteiger partial charge in [0, 0.05) is 40.4 Å². The van der Waals surface area contributed by atoms with Crippen LogP contribution in [0.2, 0.25) is 0 Å². The third kappa shape index (κ3) is 4.76. The lowest BCUT2D eigenvalue weighted by molar-refractivity contribution is -0.129. The first kappa shape index (κ1) is 29.8. The highest BCUT2D eigenvalue weighted by atomic mass is 19.2. The molecule has 0 saturated carbocycles. The third-order valence-corrected chi connectivity index (χ3v) is 8.87. The molecule has 6 rings (SSSR count). The van der Waals surface area contributed by atoms with Crippen molar-refractivity contribution >= 4 is 35.3 Å². The summed E-state index contributed by atoms with van der Waals surface area (Å²) in [7, 11) is 1.26. The van der Waals surface area contributed by atoms with Gasteiger partial charge in [-0.05, 0) is 50.8 Å². The van der Waals surface area contributed by atoms with Crippen LogP contribution in [0.3, 0.4) is 0 Å². The number of Topliss-reactive ketones (excluding diaryl/α,β-unsaturated/α-hetero) is 1. The standard InChI is InChI=1S/C31H31F2N9O3/c1-15(43)23-26(31(2)10-17-5-6-18(11-31)41(17)30(44)27(35)38-14-34)40-29-20(13-39-42(29)28(23)36)16-4-8-21(37-12-16)19-7-9-22(45-3)25(33)24(19)32/h4,7-9,12-14,17-18H,5-6,10-11,36H2,1-3H3,(H3,34,35,38)/t17-,18+,31?. The number of rotatable bonds is 6. The molecule has 2 fully saturated rings. The van der Waals surface area contributed by atoms with Gasteiger partial charge in [-0.15, -0.1) is 0 Å². The maximum absolute atomic E-state index is 14.7. The minimum Gasteiger partial charge on any atom is -0.494 e. The van der Waals surface area contributed by atoms with Crippen molar-refractivity contribution in [1.29, 1.82) is 5.41 Å². The zero-order valence-corrected chi connectivity index (χ0v) is 24.8. The predicted octanol–water partition coefficient (Wildman–Crippen LogP) is 3.91. The van der Waals surface area contributed by atoms with Crippen LogP contribution in [0.15, 0.2) is 41.7 Å². The highest BCUT2D eigenvalue weighted by Crippen LogP contribution is 2.48. The Hall–Kier alpha value is -5.27. The molecule has 5 heterocycles. The Labute approximate surface area is 256 Å². The van der Waals surface area contributed by atoms with Gasteiger partial charge in [0.05, 0.1) is 30.3 Å². The fourth-order valence-electron chi connectivity index (χ4n) is 6.87. The van der Waals surface area contributed by atoms with E-state index in [2.05, 4.69) is 15.1 Å². The summed E-state index contributed by atoms with van der Waals surface area (Å²) in [5, 5.41) is 11.6. The third-order valence-electron chi connectivity index (χ3n) is 8.87. The van der Waals surface area contributed by atoms with Crippen LogP contribution in [-0.4, -0.2) is 67.5 Å². The number of nitrogens with zero attached hydrogens (tertiary/aromatic N) is 6. The van der Waals surface area contributed by atoms with Crippen molar-refractivity contribution in [3.8, 4) is 28.1 Å². The number of carbonyl (C=O) groups is 2. The van der Waals surface area contributed by atoms with Gasteiger partial charge in [-0.1, -0.05) is 13.0 Å². The summed E-state index contributed by atoms with van der Waals surface area (Å²) in [5.74, 6) is -3.13. The molecule has 12 nitrogen and oxygen atoms in total. The molecule has 0 radical (unpaired) electrons. The van der Waals surface area contributed by atoms with Crippen molar-refractivity contribution < 1.29 is 23.1 Å². The Morgan fingerprint density at radius 1 is 1.11 bits per heavy atom. The molecule has 2 aliphatic heterocycles. The summed E-state index contributed by atoms with van der Waals surface area (Å²) >= 11 is 0. The number of hydrogen-bond donors (Lipinski definition) is 3. The van der Waals surface area contributed by atoms with Crippen molar-refractivity contribution in [3.63, 3.8) is 0 Å². The molecule has 2 saturated heterocycles. The number of carbonyl (C=O) groups excluding carboxylic acids is 2. The number of anilines is 1. The van der Waals surface area contributed by atoms with Gasteiger partial charge in [-0.25, -0.2) is 14.4 Å². The first-order chi connectivity index (χ1) is 21.5. The SMILES string of the molecule is COc1ccc(-c2ccc(-c3cnn4c(N)c(C(C)=O)c(C5(C)C[C@H]6CC[C@@H](C5)N6C(=O)C(N)=NC=N)nc34)cn2)c(F)c1F. The number of amidine groups is 1. The van der Waals surface area contributed by atoms with Crippen LogP contribution in [0, 0.1) is 17.0 Å². The maximum atomic E-state index is 14.7. The molecule has 14 heteroatoms. The lowest BCUT2D eigenvalue weighted by Crippen LogP contribution is -2.54. The van der Waals surface area contributed by atoms with E-state index in [1.807, 2.05) is 6.92 Å². The molecule has 2 bridgehead atoms. The predicted molar refractivity (Wildman–Crippen MR) is 163 cm³/mol. The Morgan fingerprint density at radius 2 is 1.82 bits per heavy atom. The summed E-state index contributed by atoms with van der Waals surface area (Å²) in [6.45, 7) is 3.46. The van der Waals surface area contributed by atoms with Gasteiger partial charge in [0.25, 0.3) is 5.91 Å². The summed E-state index contributed by atoms with van der Waals surface area (Å²) in [6.07, 6.45) is 6.36. The van der Waals surface area contributed by atoms with E-state index in [-0.39, 0.29) is 52.1 Å². The number of aliphatic imine (C=N–C) groups is 1. The van der Waals surface area contributed by atoms with E-state index >= 15 is 0 Å². The minimum absolute atomic E-state index is 0.0197. The largest absolute Gasteiger partial charge is 0.494 e. The number of nitrogens with one attached hydrogen (secondary N) is 1. The van der Waals surface area contributed by atoms with Crippen molar-refractivity contribution in [2.24, 2.45) is 10.7 Å². The smallest absolute Gasteiger partial charge is 0.289 e. The maximum Gasteiger partial charge on any atom is 0.289 e. The van der Waals surface area contributed by atoms with Gasteiger partial charge in [0.1, 0.15) is 12.2 Å². The van der Waals surface area contributed by atoms with Crippen molar-refractivity contribution in [1.82, 2.24) is 24.5 Å². The highest BCUT2D eigenvalue weighted by molar-refractivity contribution is 6.38. The summed E-state index contributed by atoms with van der Waals surface area (Å²) in [5.41, 5.74) is 14.4. The first-order valence-corrected chi connectivity index (χ1v) is 14.3. The van der Waals surface area contributed by atoms with Crippen LogP contribution in [-0.2, 0) is 10.2 Å². The van der Waals surface area contributed by atoms with Gasteiger partial charge in [0.2, 0.25) is 5.82 Å². The average Bonchev–Trinajstić information content (AvgIpc) is 3.57. The quantitative estimate of drug-likeness (QED) is 0.166. The number of nitrogen functional groups attached to an aromatic ring is 1. The topological polar surface area (TPSA) is 178 Å². The van der Waals surface area contributed by atoms with Gasteiger partial charge in [-0.2, -0.15) is 14.0 Å². The van der Waals surface area contributed by atoms with Crippen LogP contribution in [0.4, 0.5) is 14.6 Å². The van der Waals surface area contributed by atoms with Gasteiger partial charge in [0.15, 0.2) is 28.8 Å². The number of fused-ring (bicyclic) bond motifs is 3. The average molecular weight is 616 g/mol. The monoisotopic (exact) mass is 615 g/mol. The van der Waals surface area contributed by atoms with E-state index in [4.69, 9.17) is 26.6 Å². The second-order valence-corrected chi connectivity index (χ2v) is 11.7. The molecule has 2 aliphatic rings. The van der Waals surface area contributed by atoms with E-state index in [0.29, 0.717) is 35.3 Å². The molecule has 3 aromatic heterocycles. The summed E-state index contributed by atoms with van der Waals surface area (Å²) in [6, 6.07) is 5.67. The molecule has 3 atom stereocenters. The highest BCUT2D eigenvalue weighted by Gasteiger charge is 2.51. The molecular formula is C31H31F2N9O3. The first-order valence-electron chi connectivity index (χ1n) is 14.3. The lowest BCUT2D eigenvalue weighted by atomic mass is 9.72. The van der Waals surface area contributed by atoms with E-state index in [9.17, 15) is 18.4 Å². The molecule has 0 aliphatic carbocycles. The second kappa shape index (κ2) is 11.0. The van der Waals surface area contributed by atoms with E-state index in [1.165, 1.54) is 36.9 Å². The number of hydrogen-bond acceptors (Lipinski definition) is 8. The Morgan fingerprint density at radius 3 is 2.42 bits per heavy atom. The van der Waals surface area contributed by atoms with Crippen LogP contribution in [0.5, 0.6) is 5.75 Å². The molecule has 1 unspecified atom stereocenters. The second-order valence-electron chi connectivity index (χ2n) is 11.7. The summed E-state index contributed by atoms with van der Waals surface area (Å²) in [4.78, 5) is 40.9. The number of ether oxygens (including phenoxy) is 1. The molecule has 0 spiro atoms. The van der Waals surface area contributed by atoms with E-state index < -0.39 is 23.0 Å². The zero-order chi connectivity index (χ0) is 32.2. The number of piperidine rings is 1. The van der Waals surface area contributed by atoms with E-state index in [0.717, 1.165) is 19.2 Å². The molecule has 45 heavy (non-hydrogen) atoms. The Kier molecular flexibility index (Phi) is 7.29. The normalized spacial score (nSPS) is 21.3. The number of halogens is 2. The summed E-state index contributed by atoms with van der Waals surface area (Å²) < 4.78 is 35.3.